The normalized spacial score (nSPS) is 10.2. The first-order chi connectivity index (χ1) is 7.18. The molecule has 0 saturated heterocycles. The van der Waals surface area contributed by atoms with E-state index >= 15 is 0 Å². The van der Waals surface area contributed by atoms with Crippen LogP contribution in [0.1, 0.15) is 10.4 Å². The number of hydrogen-bond acceptors (Lipinski definition) is 3. The van der Waals surface area contributed by atoms with Gasteiger partial charge < -0.3 is 5.73 Å². The molecular weight excluding hydrogens is 216 g/mol. The molecule has 6 heteroatoms. The van der Waals surface area contributed by atoms with Crippen LogP contribution in [0.3, 0.4) is 0 Å². The van der Waals surface area contributed by atoms with Gasteiger partial charge in [0.2, 0.25) is 0 Å². The number of aromatic nitrogens is 3. The lowest BCUT2D eigenvalue weighted by Gasteiger charge is -2.05. The van der Waals surface area contributed by atoms with E-state index in [2.05, 4.69) is 10.1 Å². The number of hydrogen-bond donors (Lipinski definition) is 1. The third kappa shape index (κ3) is 1.82. The first-order valence-corrected chi connectivity index (χ1v) is 4.50. The molecule has 1 aromatic carbocycles. The van der Waals surface area contributed by atoms with Gasteiger partial charge in [0.1, 0.15) is 12.7 Å². The molecule has 1 amide bonds. The summed E-state index contributed by atoms with van der Waals surface area (Å²) in [7, 11) is 0. The number of benzene rings is 1. The van der Waals surface area contributed by atoms with Crippen LogP contribution in [-0.4, -0.2) is 20.7 Å². The molecule has 0 aliphatic rings. The second-order valence-corrected chi connectivity index (χ2v) is 3.30. The van der Waals surface area contributed by atoms with Gasteiger partial charge in [-0.1, -0.05) is 11.6 Å². The molecule has 0 aliphatic heterocycles. The van der Waals surface area contributed by atoms with Crippen LogP contribution in [0.2, 0.25) is 5.02 Å². The Morgan fingerprint density at radius 1 is 1.47 bits per heavy atom. The Labute approximate surface area is 90.5 Å². The fourth-order valence-electron chi connectivity index (χ4n) is 1.24. The second kappa shape index (κ2) is 3.70. The first kappa shape index (κ1) is 9.67. The topological polar surface area (TPSA) is 73.8 Å². The van der Waals surface area contributed by atoms with E-state index in [1.165, 1.54) is 23.4 Å². The maximum Gasteiger partial charge on any atom is 0.250 e. The van der Waals surface area contributed by atoms with E-state index in [9.17, 15) is 4.79 Å². The molecule has 2 rings (SSSR count). The molecule has 0 atom stereocenters. The standard InChI is InChI=1S/C9H7ClN4O/c10-6-1-2-8(7(3-6)9(11)15)14-5-12-4-13-14/h1-5H,(H2,11,15). The summed E-state index contributed by atoms with van der Waals surface area (Å²) in [6, 6.07) is 4.82. The summed E-state index contributed by atoms with van der Waals surface area (Å²) in [5, 5.41) is 4.37. The number of amides is 1. The van der Waals surface area contributed by atoms with Crippen molar-refractivity contribution in [1.29, 1.82) is 0 Å². The minimum atomic E-state index is -0.553. The summed E-state index contributed by atoms with van der Waals surface area (Å²) in [4.78, 5) is 15.0. The molecule has 0 bridgehead atoms. The predicted octanol–water partition coefficient (Wildman–Crippen LogP) is 1.02. The molecule has 0 radical (unpaired) electrons. The molecular formula is C9H7ClN4O. The summed E-state index contributed by atoms with van der Waals surface area (Å²) < 4.78 is 1.45. The number of nitrogens with zero attached hydrogens (tertiary/aromatic N) is 3. The number of carbonyl (C=O) groups is 1. The number of nitrogens with two attached hydrogens (primary N) is 1. The van der Waals surface area contributed by atoms with Gasteiger partial charge in [-0.3, -0.25) is 4.79 Å². The van der Waals surface area contributed by atoms with E-state index in [-0.39, 0.29) is 0 Å². The SMILES string of the molecule is NC(=O)c1cc(Cl)ccc1-n1cncn1. The Morgan fingerprint density at radius 2 is 2.27 bits per heavy atom. The van der Waals surface area contributed by atoms with Crippen molar-refractivity contribution in [2.24, 2.45) is 5.73 Å². The van der Waals surface area contributed by atoms with Gasteiger partial charge in [-0.25, -0.2) is 9.67 Å². The Hall–Kier alpha value is -1.88. The maximum atomic E-state index is 11.2. The smallest absolute Gasteiger partial charge is 0.250 e. The van der Waals surface area contributed by atoms with Crippen LogP contribution >= 0.6 is 11.6 Å². The number of primary amides is 1. The van der Waals surface area contributed by atoms with Crippen LogP contribution in [0, 0.1) is 0 Å². The average molecular weight is 223 g/mol. The summed E-state index contributed by atoms with van der Waals surface area (Å²) in [6.07, 6.45) is 2.86. The molecule has 0 saturated carbocycles. The fourth-order valence-corrected chi connectivity index (χ4v) is 1.41. The van der Waals surface area contributed by atoms with Crippen molar-refractivity contribution in [1.82, 2.24) is 14.8 Å². The summed E-state index contributed by atoms with van der Waals surface area (Å²) in [5.41, 5.74) is 6.10. The van der Waals surface area contributed by atoms with Crippen molar-refractivity contribution < 1.29 is 4.79 Å². The molecule has 0 fully saturated rings. The van der Waals surface area contributed by atoms with Crippen molar-refractivity contribution in [2.75, 3.05) is 0 Å². The number of rotatable bonds is 2. The monoisotopic (exact) mass is 222 g/mol. The van der Waals surface area contributed by atoms with Crippen LogP contribution in [0.4, 0.5) is 0 Å². The van der Waals surface area contributed by atoms with Crippen LogP contribution in [0.15, 0.2) is 30.9 Å². The molecule has 0 aliphatic carbocycles. The van der Waals surface area contributed by atoms with E-state index < -0.39 is 5.91 Å². The van der Waals surface area contributed by atoms with Gasteiger partial charge in [0.05, 0.1) is 11.3 Å². The van der Waals surface area contributed by atoms with E-state index in [1.807, 2.05) is 0 Å². The minimum absolute atomic E-state index is 0.313. The Kier molecular flexibility index (Phi) is 2.39. The highest BCUT2D eigenvalue weighted by molar-refractivity contribution is 6.31. The van der Waals surface area contributed by atoms with E-state index in [0.717, 1.165) is 0 Å². The van der Waals surface area contributed by atoms with E-state index in [0.29, 0.717) is 16.3 Å². The molecule has 2 N–H and O–H groups in total. The number of carbonyl (C=O) groups excluding carboxylic acids is 1. The lowest BCUT2D eigenvalue weighted by atomic mass is 10.1. The Balaban J connectivity index is 2.61. The average Bonchev–Trinajstić information content (AvgIpc) is 2.70. The molecule has 0 unspecified atom stereocenters. The van der Waals surface area contributed by atoms with Crippen molar-refractivity contribution in [2.45, 2.75) is 0 Å². The van der Waals surface area contributed by atoms with Crippen LogP contribution in [-0.2, 0) is 0 Å². The molecule has 1 aromatic heterocycles. The van der Waals surface area contributed by atoms with Crippen LogP contribution in [0.5, 0.6) is 0 Å². The van der Waals surface area contributed by atoms with E-state index in [1.54, 1.807) is 12.1 Å². The lowest BCUT2D eigenvalue weighted by molar-refractivity contribution is 0.1000. The highest BCUT2D eigenvalue weighted by atomic mass is 35.5. The Bertz CT molecular complexity index is 495. The van der Waals surface area contributed by atoms with Gasteiger partial charge in [0.15, 0.2) is 0 Å². The zero-order valence-corrected chi connectivity index (χ0v) is 8.35. The molecule has 76 valence electrons. The van der Waals surface area contributed by atoms with Gasteiger partial charge in [0.25, 0.3) is 5.91 Å². The molecule has 2 aromatic rings. The van der Waals surface area contributed by atoms with E-state index in [4.69, 9.17) is 17.3 Å². The predicted molar refractivity (Wildman–Crippen MR) is 54.9 cm³/mol. The van der Waals surface area contributed by atoms with Gasteiger partial charge >= 0.3 is 0 Å². The van der Waals surface area contributed by atoms with Gasteiger partial charge in [-0.15, -0.1) is 0 Å². The zero-order chi connectivity index (χ0) is 10.8. The highest BCUT2D eigenvalue weighted by Gasteiger charge is 2.10. The molecule has 5 nitrogen and oxygen atoms in total. The van der Waals surface area contributed by atoms with Gasteiger partial charge in [-0.2, -0.15) is 5.10 Å². The second-order valence-electron chi connectivity index (χ2n) is 2.87. The zero-order valence-electron chi connectivity index (χ0n) is 7.59. The van der Waals surface area contributed by atoms with Crippen molar-refractivity contribution in [3.8, 4) is 5.69 Å². The molecule has 0 spiro atoms. The number of halogens is 1. The molecule has 1 heterocycles. The fraction of sp³-hybridized carbons (Fsp3) is 0. The van der Waals surface area contributed by atoms with Crippen molar-refractivity contribution >= 4 is 17.5 Å². The molecule has 15 heavy (non-hydrogen) atoms. The van der Waals surface area contributed by atoms with Crippen LogP contribution < -0.4 is 5.73 Å². The van der Waals surface area contributed by atoms with Crippen molar-refractivity contribution in [3.63, 3.8) is 0 Å². The first-order valence-electron chi connectivity index (χ1n) is 4.13. The minimum Gasteiger partial charge on any atom is -0.366 e. The maximum absolute atomic E-state index is 11.2. The summed E-state index contributed by atoms with van der Waals surface area (Å²) >= 11 is 5.77. The summed E-state index contributed by atoms with van der Waals surface area (Å²) in [5.74, 6) is -0.553. The Morgan fingerprint density at radius 3 is 2.87 bits per heavy atom. The summed E-state index contributed by atoms with van der Waals surface area (Å²) in [6.45, 7) is 0. The highest BCUT2D eigenvalue weighted by Crippen LogP contribution is 2.18. The van der Waals surface area contributed by atoms with Gasteiger partial charge in [-0.05, 0) is 18.2 Å². The largest absolute Gasteiger partial charge is 0.366 e. The van der Waals surface area contributed by atoms with Gasteiger partial charge in [0, 0.05) is 5.02 Å². The van der Waals surface area contributed by atoms with Crippen molar-refractivity contribution in [3.05, 3.63) is 41.4 Å². The van der Waals surface area contributed by atoms with Crippen LogP contribution in [0.25, 0.3) is 5.69 Å². The quantitative estimate of drug-likeness (QED) is 0.825. The lowest BCUT2D eigenvalue weighted by Crippen LogP contribution is -2.14. The third-order valence-electron chi connectivity index (χ3n) is 1.89. The third-order valence-corrected chi connectivity index (χ3v) is 2.12.